The minimum atomic E-state index is -2.10. The molecule has 0 bridgehead atoms. The Morgan fingerprint density at radius 2 is 1.14 bits per heavy atom. The highest BCUT2D eigenvalue weighted by atomic mass is 32.2. The highest BCUT2D eigenvalue weighted by molar-refractivity contribution is 7.85. The number of hydrogen-bond acceptors (Lipinski definition) is 22. The van der Waals surface area contributed by atoms with E-state index in [2.05, 4.69) is 212 Å². The zero-order valence-corrected chi connectivity index (χ0v) is 74.9. The number of aliphatic hydroxyl groups excluding tert-OH is 1. The molecule has 3 aliphatic heterocycles. The van der Waals surface area contributed by atoms with Crippen molar-refractivity contribution in [3.8, 4) is 5.75 Å². The van der Waals surface area contributed by atoms with Crippen molar-refractivity contribution >= 4 is 30.4 Å². The molecule has 0 saturated carbocycles. The fourth-order valence-corrected chi connectivity index (χ4v) is 12.5. The third kappa shape index (κ3) is 72.9. The molecule has 22 nitrogen and oxygen atoms in total. The standard InChI is InChI=1S/C13H22N2O2.C12H26N2O.C12H20NOP.C8H18N2.C8H20NO2P.C7H18N2.C7H15NOS.2C6H16N2/c1-9(2)15(7-11(4)16)8-12-13(17)6-5-10(3)14-12;1-4-15-10-9-14-7-5-12(6-8-14)13-11(2)3;1-10(2)13-9-11-5-7-12(8-6-11)15(3,4)14;1-7(2)10-5-3-8(9)4-6-10;1-8(2)9-5-6-11-7-12(3,4)10;1-7(2)8-5-6-9(3)4;1-7(2)8-3-5-10(9)6-4-8;1-6(2)8-5-4-7-3;1-6(2)8-5-3-4-7/h5-6,9,11,16-17H,7-8H2,1-4H3;11-13H,4-10H2,1-3H3;5-8,10,13H,9H2,1-4H3;7-8H,3-6,9H2,1-2H3;8-9H,5-7H2,1-4H3;7-8H,5-6H2,1-4H3;7H,3-6H2,1-2H3;6-8H,4-5H2,1-3H3;6,8H,3-5,7H2,1-2H3/t11-;;;;;;;;/m0......../s1. The van der Waals surface area contributed by atoms with Gasteiger partial charge in [-0.2, -0.15) is 0 Å². The SMILES string of the molecule is CC(C)N1CCC(N)CC1.CC(C)N1CCS(=O)CC1.CC(C)NCCCN.CC(C)NCCN(C)C.CC(C)NCCOCP(C)(C)=O.CC(C)NCc1ccc(P(C)(C)=O)cc1.CCOCCN1CCC(NC(C)C)CC1.CNCCNC(C)C.Cc1ccc(O)c(CN(C[C@H](C)O)C(C)C)n1. The molecule has 2 aromatic rings. The van der Waals surface area contributed by atoms with E-state index >= 15 is 0 Å². The summed E-state index contributed by atoms with van der Waals surface area (Å²) in [4.78, 5) is 16.0. The lowest BCUT2D eigenvalue weighted by molar-refractivity contribution is 0.0989. The van der Waals surface area contributed by atoms with Crippen molar-refractivity contribution in [2.75, 3.05) is 184 Å². The van der Waals surface area contributed by atoms with Gasteiger partial charge in [0.15, 0.2) is 0 Å². The lowest BCUT2D eigenvalue weighted by Crippen LogP contribution is -2.45. The maximum absolute atomic E-state index is 11.8. The predicted octanol–water partition coefficient (Wildman–Crippen LogP) is 9.55. The monoisotopic (exact) mass is 1540 g/mol. The Hall–Kier alpha value is -1.90. The second-order valence-electron chi connectivity index (χ2n) is 31.5. The van der Waals surface area contributed by atoms with Crippen LogP contribution in [0.4, 0.5) is 0 Å². The van der Waals surface area contributed by atoms with Crippen LogP contribution < -0.4 is 54.0 Å². The van der Waals surface area contributed by atoms with E-state index in [1.54, 1.807) is 45.7 Å². The van der Waals surface area contributed by atoms with E-state index in [1.807, 2.05) is 38.2 Å². The molecule has 0 amide bonds. The van der Waals surface area contributed by atoms with Gasteiger partial charge < -0.3 is 92.2 Å². The van der Waals surface area contributed by atoms with Crippen LogP contribution in [0.5, 0.6) is 5.75 Å². The second-order valence-corrected chi connectivity index (χ2v) is 39.8. The maximum Gasteiger partial charge on any atom is 0.138 e. The molecule has 1 aromatic heterocycles. The number of piperidine rings is 2. The number of likely N-dealkylation sites (tertiary alicyclic amines) is 2. The fraction of sp³-hybridized carbons (Fsp3) is 0.861. The number of pyridine rings is 1. The Balaban J connectivity index is -0.000000547. The summed E-state index contributed by atoms with van der Waals surface area (Å²) in [5.41, 5.74) is 13.8. The van der Waals surface area contributed by atoms with E-state index in [1.165, 1.54) is 57.4 Å². The van der Waals surface area contributed by atoms with E-state index < -0.39 is 25.1 Å². The lowest BCUT2D eigenvalue weighted by Gasteiger charge is -2.33. The molecular formula is C79H171N15O7P2S. The van der Waals surface area contributed by atoms with Crippen molar-refractivity contribution in [3.05, 3.63) is 53.3 Å². The van der Waals surface area contributed by atoms with Crippen molar-refractivity contribution in [2.24, 2.45) is 11.5 Å². The number of ether oxygens (including phenoxy) is 2. The predicted molar refractivity (Wildman–Crippen MR) is 457 cm³/mol. The van der Waals surface area contributed by atoms with Crippen molar-refractivity contribution in [1.82, 2.24) is 66.7 Å². The molecule has 3 saturated heterocycles. The van der Waals surface area contributed by atoms with Gasteiger partial charge in [-0.3, -0.25) is 19.0 Å². The van der Waals surface area contributed by atoms with Crippen LogP contribution in [-0.4, -0.2) is 300 Å². The van der Waals surface area contributed by atoms with Gasteiger partial charge in [-0.25, -0.2) is 0 Å². The quantitative estimate of drug-likeness (QED) is 0.0226. The first-order valence-electron chi connectivity index (χ1n) is 39.6. The van der Waals surface area contributed by atoms with Crippen molar-refractivity contribution in [3.63, 3.8) is 0 Å². The molecule has 1 atom stereocenters. The van der Waals surface area contributed by atoms with Gasteiger partial charge in [-0.05, 0) is 199 Å². The van der Waals surface area contributed by atoms with Crippen molar-refractivity contribution in [2.45, 2.75) is 263 Å². The van der Waals surface area contributed by atoms with Crippen LogP contribution in [0, 0.1) is 6.92 Å². The zero-order valence-electron chi connectivity index (χ0n) is 72.3. The van der Waals surface area contributed by atoms with E-state index in [9.17, 15) is 23.6 Å². The number of aliphatic hydroxyl groups is 1. The van der Waals surface area contributed by atoms with Crippen LogP contribution in [0.25, 0.3) is 0 Å². The normalized spacial score (nSPS) is 15.4. The molecule has 0 aliphatic carbocycles. The third-order valence-electron chi connectivity index (χ3n) is 16.3. The van der Waals surface area contributed by atoms with Crippen LogP contribution in [0.15, 0.2) is 36.4 Å². The molecule has 620 valence electrons. The summed E-state index contributed by atoms with van der Waals surface area (Å²) in [5.74, 6) is 1.96. The molecule has 1 aromatic carbocycles. The molecule has 0 unspecified atom stereocenters. The van der Waals surface area contributed by atoms with Crippen molar-refractivity contribution in [1.29, 1.82) is 0 Å². The number of likely N-dealkylation sites (N-methyl/N-ethyl adjacent to an activating group) is 2. The molecule has 0 spiro atoms. The van der Waals surface area contributed by atoms with E-state index in [4.69, 9.17) is 20.9 Å². The lowest BCUT2D eigenvalue weighted by atomic mass is 10.0. The highest BCUT2D eigenvalue weighted by Crippen LogP contribution is 2.35. The zero-order chi connectivity index (χ0) is 80.4. The number of aryl methyl sites for hydroxylation is 1. The van der Waals surface area contributed by atoms with Gasteiger partial charge in [-0.15, -0.1) is 0 Å². The Morgan fingerprint density at radius 3 is 1.58 bits per heavy atom. The number of rotatable bonds is 35. The van der Waals surface area contributed by atoms with Gasteiger partial charge in [0.2, 0.25) is 0 Å². The summed E-state index contributed by atoms with van der Waals surface area (Å²) in [6.45, 7) is 70.9. The molecular weight excluding hydrogens is 1360 g/mol. The summed E-state index contributed by atoms with van der Waals surface area (Å²) in [5, 5.41) is 43.3. The molecule has 0 radical (unpaired) electrons. The molecule has 3 fully saturated rings. The van der Waals surface area contributed by atoms with Crippen LogP contribution in [0.1, 0.15) is 188 Å². The topological polar surface area (TPSA) is 275 Å². The molecule has 3 aliphatic rings. The first kappa shape index (κ1) is 108. The van der Waals surface area contributed by atoms with Gasteiger partial charge in [0.25, 0.3) is 0 Å². The number of benzene rings is 1. The van der Waals surface area contributed by atoms with E-state index in [0.717, 1.165) is 120 Å². The maximum atomic E-state index is 11.8. The average molecular weight is 1540 g/mol. The fourth-order valence-electron chi connectivity index (χ4n) is 10.0. The van der Waals surface area contributed by atoms with E-state index in [0.29, 0.717) is 92.2 Å². The Bertz CT molecular complexity index is 2320. The van der Waals surface area contributed by atoms with Gasteiger partial charge >= 0.3 is 0 Å². The second kappa shape index (κ2) is 66.9. The number of nitrogens with two attached hydrogens (primary N) is 2. The minimum Gasteiger partial charge on any atom is -0.506 e. The van der Waals surface area contributed by atoms with Crippen LogP contribution in [0.2, 0.25) is 0 Å². The smallest absolute Gasteiger partial charge is 0.138 e. The molecule has 25 heteroatoms. The summed E-state index contributed by atoms with van der Waals surface area (Å²) >= 11 is 0. The molecule has 104 heavy (non-hydrogen) atoms. The number of aromatic hydroxyl groups is 1. The summed E-state index contributed by atoms with van der Waals surface area (Å²) in [6.07, 6.45) is 6.01. The number of hydrogen-bond donors (Lipinski definition) is 11. The number of nitrogens with zero attached hydrogens (tertiary/aromatic N) is 6. The summed E-state index contributed by atoms with van der Waals surface area (Å²) < 4.78 is 44.5. The highest BCUT2D eigenvalue weighted by Gasteiger charge is 2.21. The molecule has 4 heterocycles. The van der Waals surface area contributed by atoms with Gasteiger partial charge in [-0.1, -0.05) is 107 Å². The molecule has 13 N–H and O–H groups in total. The van der Waals surface area contributed by atoms with Gasteiger partial charge in [0, 0.05) is 178 Å². The van der Waals surface area contributed by atoms with Crippen LogP contribution >= 0.6 is 14.3 Å². The Morgan fingerprint density at radius 1 is 0.644 bits per heavy atom. The molecule has 5 rings (SSSR count). The van der Waals surface area contributed by atoms with E-state index in [-0.39, 0.29) is 11.9 Å². The Kier molecular flexibility index (Phi) is 69.7. The summed E-state index contributed by atoms with van der Waals surface area (Å²) in [7, 11) is 1.54. The number of nitrogens with one attached hydrogen (secondary N) is 7. The minimum absolute atomic E-state index is 0.215. The largest absolute Gasteiger partial charge is 0.506 e. The Labute approximate surface area is 644 Å². The first-order chi connectivity index (χ1) is 48.5. The average Bonchev–Trinajstić information content (AvgIpc) is 0.854. The van der Waals surface area contributed by atoms with Gasteiger partial charge in [0.05, 0.1) is 31.4 Å². The first-order valence-corrected chi connectivity index (χ1v) is 46.5. The van der Waals surface area contributed by atoms with Crippen LogP contribution in [0.3, 0.4) is 0 Å². The summed E-state index contributed by atoms with van der Waals surface area (Å²) in [6, 6.07) is 17.7. The van der Waals surface area contributed by atoms with Crippen LogP contribution in [-0.2, 0) is 42.5 Å². The number of aromatic nitrogens is 1. The van der Waals surface area contributed by atoms with Crippen molar-refractivity contribution < 1.29 is 33.0 Å². The third-order valence-corrected chi connectivity index (χ3v) is 19.9. The van der Waals surface area contributed by atoms with Gasteiger partial charge in [0.1, 0.15) is 20.0 Å².